The van der Waals surface area contributed by atoms with E-state index >= 15 is 0 Å². The molecular weight excluding hydrogens is 282 g/mol. The quantitative estimate of drug-likeness (QED) is 0.847. The Morgan fingerprint density at radius 2 is 1.86 bits per heavy atom. The molecule has 0 radical (unpaired) electrons. The van der Waals surface area contributed by atoms with Crippen LogP contribution in [0.15, 0.2) is 18.2 Å². The Kier molecular flexibility index (Phi) is 6.68. The number of rotatable bonds is 6. The van der Waals surface area contributed by atoms with Crippen LogP contribution in [0.4, 0.5) is 4.79 Å². The molecule has 0 heterocycles. The van der Waals surface area contributed by atoms with Crippen molar-refractivity contribution in [2.45, 2.75) is 52.7 Å². The fraction of sp³-hybridized carbons (Fsp3) is 0.588. The number of amides is 1. The second-order valence-electron chi connectivity index (χ2n) is 6.30. The van der Waals surface area contributed by atoms with Crippen molar-refractivity contribution >= 4 is 6.09 Å². The van der Waals surface area contributed by atoms with Crippen LogP contribution >= 0.6 is 0 Å². The summed E-state index contributed by atoms with van der Waals surface area (Å²) in [6.07, 6.45) is 1.01. The summed E-state index contributed by atoms with van der Waals surface area (Å²) in [4.78, 5) is 13.8. The number of ether oxygens (including phenoxy) is 1. The van der Waals surface area contributed by atoms with Crippen molar-refractivity contribution in [3.8, 4) is 5.75 Å². The molecule has 1 amide bonds. The van der Waals surface area contributed by atoms with Gasteiger partial charge in [-0.1, -0.05) is 25.1 Å². The van der Waals surface area contributed by atoms with Crippen LogP contribution < -0.4 is 0 Å². The lowest BCUT2D eigenvalue weighted by Crippen LogP contribution is -2.38. The third-order valence-electron chi connectivity index (χ3n) is 3.17. The summed E-state index contributed by atoms with van der Waals surface area (Å²) in [7, 11) is 0. The maximum absolute atomic E-state index is 12.2. The largest absolute Gasteiger partial charge is 0.507 e. The summed E-state index contributed by atoms with van der Waals surface area (Å²) in [6.45, 7) is 8.38. The van der Waals surface area contributed by atoms with Gasteiger partial charge in [-0.25, -0.2) is 4.79 Å². The molecule has 0 aromatic heterocycles. The van der Waals surface area contributed by atoms with Gasteiger partial charge in [-0.15, -0.1) is 0 Å². The highest BCUT2D eigenvalue weighted by molar-refractivity contribution is 5.68. The van der Waals surface area contributed by atoms with Crippen molar-refractivity contribution in [3.05, 3.63) is 29.3 Å². The fourth-order valence-electron chi connectivity index (χ4n) is 2.12. The van der Waals surface area contributed by atoms with Crippen molar-refractivity contribution < 1.29 is 19.7 Å². The van der Waals surface area contributed by atoms with Crippen LogP contribution in [0.5, 0.6) is 5.75 Å². The van der Waals surface area contributed by atoms with Gasteiger partial charge in [0.1, 0.15) is 11.4 Å². The van der Waals surface area contributed by atoms with Gasteiger partial charge in [-0.05, 0) is 39.2 Å². The lowest BCUT2D eigenvalue weighted by Gasteiger charge is -2.27. The molecule has 0 saturated heterocycles. The number of benzene rings is 1. The number of hydrogen-bond donors (Lipinski definition) is 2. The number of para-hydroxylation sites is 1. The molecule has 0 saturated carbocycles. The smallest absolute Gasteiger partial charge is 0.410 e. The molecule has 0 aliphatic carbocycles. The van der Waals surface area contributed by atoms with E-state index in [0.717, 1.165) is 12.0 Å². The van der Waals surface area contributed by atoms with Crippen LogP contribution in [0.25, 0.3) is 0 Å². The summed E-state index contributed by atoms with van der Waals surface area (Å²) in [5.74, 6) is 0.102. The topological polar surface area (TPSA) is 70.0 Å². The van der Waals surface area contributed by atoms with Crippen LogP contribution in [-0.2, 0) is 17.8 Å². The zero-order chi connectivity index (χ0) is 16.8. The molecule has 0 bridgehead atoms. The SMILES string of the molecule is CCCN(CCc1cccc(CO)c1O)C(=O)OC(C)(C)C. The maximum Gasteiger partial charge on any atom is 0.410 e. The van der Waals surface area contributed by atoms with Gasteiger partial charge in [0.05, 0.1) is 6.61 Å². The predicted molar refractivity (Wildman–Crippen MR) is 85.8 cm³/mol. The molecule has 0 unspecified atom stereocenters. The molecule has 0 aliphatic rings. The summed E-state index contributed by atoms with van der Waals surface area (Å²) in [5.41, 5.74) is 0.690. The number of carbonyl (C=O) groups is 1. The van der Waals surface area contributed by atoms with Gasteiger partial charge in [-0.2, -0.15) is 0 Å². The van der Waals surface area contributed by atoms with E-state index in [0.29, 0.717) is 25.1 Å². The number of nitrogens with zero attached hydrogens (tertiary/aromatic N) is 1. The summed E-state index contributed by atoms with van der Waals surface area (Å²) in [6, 6.07) is 5.27. The van der Waals surface area contributed by atoms with Crippen molar-refractivity contribution in [1.82, 2.24) is 4.90 Å². The number of aliphatic hydroxyl groups excluding tert-OH is 1. The van der Waals surface area contributed by atoms with Gasteiger partial charge in [0.15, 0.2) is 0 Å². The lowest BCUT2D eigenvalue weighted by atomic mass is 10.1. The predicted octanol–water partition coefficient (Wildman–Crippen LogP) is 3.07. The van der Waals surface area contributed by atoms with Crippen molar-refractivity contribution in [3.63, 3.8) is 0 Å². The maximum atomic E-state index is 12.2. The highest BCUT2D eigenvalue weighted by atomic mass is 16.6. The number of aliphatic hydroxyl groups is 1. The lowest BCUT2D eigenvalue weighted by molar-refractivity contribution is 0.0251. The average molecular weight is 309 g/mol. The van der Waals surface area contributed by atoms with Crippen LogP contribution in [0.1, 0.15) is 45.2 Å². The van der Waals surface area contributed by atoms with Gasteiger partial charge in [-0.3, -0.25) is 0 Å². The first-order chi connectivity index (χ1) is 10.3. The Labute approximate surface area is 132 Å². The monoisotopic (exact) mass is 309 g/mol. The normalized spacial score (nSPS) is 11.3. The van der Waals surface area contributed by atoms with Crippen LogP contribution in [0.3, 0.4) is 0 Å². The minimum absolute atomic E-state index is 0.102. The first-order valence-corrected chi connectivity index (χ1v) is 7.67. The highest BCUT2D eigenvalue weighted by Crippen LogP contribution is 2.23. The second kappa shape index (κ2) is 8.03. The van der Waals surface area contributed by atoms with Crippen molar-refractivity contribution in [2.75, 3.05) is 13.1 Å². The Balaban J connectivity index is 2.74. The van der Waals surface area contributed by atoms with E-state index in [9.17, 15) is 15.0 Å². The molecule has 1 aromatic rings. The Morgan fingerprint density at radius 3 is 2.41 bits per heavy atom. The molecule has 0 atom stereocenters. The zero-order valence-corrected chi connectivity index (χ0v) is 13.9. The Hall–Kier alpha value is -1.75. The van der Waals surface area contributed by atoms with E-state index in [2.05, 4.69) is 0 Å². The van der Waals surface area contributed by atoms with E-state index in [1.165, 1.54) is 0 Å². The molecule has 1 aromatic carbocycles. The average Bonchev–Trinajstić information content (AvgIpc) is 2.42. The molecule has 1 rings (SSSR count). The molecule has 5 heteroatoms. The number of hydrogen-bond acceptors (Lipinski definition) is 4. The van der Waals surface area contributed by atoms with Crippen molar-refractivity contribution in [1.29, 1.82) is 0 Å². The molecule has 22 heavy (non-hydrogen) atoms. The second-order valence-corrected chi connectivity index (χ2v) is 6.30. The minimum atomic E-state index is -0.526. The van der Waals surface area contributed by atoms with Crippen LogP contribution in [0.2, 0.25) is 0 Å². The zero-order valence-electron chi connectivity index (χ0n) is 13.9. The molecule has 0 spiro atoms. The summed E-state index contributed by atoms with van der Waals surface area (Å²) < 4.78 is 5.40. The number of aromatic hydroxyl groups is 1. The first kappa shape index (κ1) is 18.3. The Morgan fingerprint density at radius 1 is 1.23 bits per heavy atom. The summed E-state index contributed by atoms with van der Waals surface area (Å²) >= 11 is 0. The Bertz CT molecular complexity index is 494. The third-order valence-corrected chi connectivity index (χ3v) is 3.17. The minimum Gasteiger partial charge on any atom is -0.507 e. The van der Waals surface area contributed by atoms with Gasteiger partial charge in [0, 0.05) is 18.7 Å². The van der Waals surface area contributed by atoms with E-state index in [1.807, 2.05) is 27.7 Å². The highest BCUT2D eigenvalue weighted by Gasteiger charge is 2.21. The standard InChI is InChI=1S/C17H27NO4/c1-5-10-18(16(21)22-17(2,3)4)11-9-13-7-6-8-14(12-19)15(13)20/h6-8,19-20H,5,9-12H2,1-4H3. The van der Waals surface area contributed by atoms with Crippen LogP contribution in [-0.4, -0.2) is 39.9 Å². The van der Waals surface area contributed by atoms with E-state index < -0.39 is 5.60 Å². The third kappa shape index (κ3) is 5.56. The summed E-state index contributed by atoms with van der Waals surface area (Å²) in [5, 5.41) is 19.2. The van der Waals surface area contributed by atoms with E-state index in [4.69, 9.17) is 4.74 Å². The molecule has 0 fully saturated rings. The van der Waals surface area contributed by atoms with Gasteiger partial charge >= 0.3 is 6.09 Å². The fourth-order valence-corrected chi connectivity index (χ4v) is 2.12. The van der Waals surface area contributed by atoms with Gasteiger partial charge < -0.3 is 19.8 Å². The molecule has 124 valence electrons. The molecular formula is C17H27NO4. The van der Waals surface area contributed by atoms with E-state index in [-0.39, 0.29) is 18.4 Å². The van der Waals surface area contributed by atoms with Gasteiger partial charge in [0.2, 0.25) is 0 Å². The molecule has 5 nitrogen and oxygen atoms in total. The first-order valence-electron chi connectivity index (χ1n) is 7.67. The number of phenols is 1. The molecule has 0 aliphatic heterocycles. The van der Waals surface area contributed by atoms with Crippen LogP contribution in [0, 0.1) is 0 Å². The number of carbonyl (C=O) groups excluding carboxylic acids is 1. The van der Waals surface area contributed by atoms with Crippen molar-refractivity contribution in [2.24, 2.45) is 0 Å². The van der Waals surface area contributed by atoms with Gasteiger partial charge in [0.25, 0.3) is 0 Å². The molecule has 2 N–H and O–H groups in total. The van der Waals surface area contributed by atoms with E-state index in [1.54, 1.807) is 23.1 Å².